The van der Waals surface area contributed by atoms with Gasteiger partial charge in [-0.2, -0.15) is 5.10 Å². The van der Waals surface area contributed by atoms with Crippen molar-refractivity contribution in [1.82, 2.24) is 14.7 Å². The molecule has 1 aliphatic carbocycles. The molecule has 1 aromatic rings. The highest BCUT2D eigenvalue weighted by Gasteiger charge is 2.41. The SMILES string of the molecule is Cc1cc(C)n(CCC(=O)N2CCC3(CC2)CC(OCC2CC2)CCO3)n1. The fraction of sp³-hybridized carbons (Fsp3) is 0.810. The minimum absolute atomic E-state index is 0.0705. The lowest BCUT2D eigenvalue weighted by Crippen LogP contribution is -2.52. The summed E-state index contributed by atoms with van der Waals surface area (Å²) in [6.45, 7) is 8.00. The van der Waals surface area contributed by atoms with Gasteiger partial charge >= 0.3 is 0 Å². The van der Waals surface area contributed by atoms with E-state index >= 15 is 0 Å². The standard InChI is InChI=1S/C21H33N3O3/c1-16-13-17(2)24(22-16)9-5-20(25)23-10-7-21(8-11-23)14-19(6-12-27-21)26-15-18-3-4-18/h13,18-19H,3-12,14-15H2,1-2H3. The summed E-state index contributed by atoms with van der Waals surface area (Å²) in [5, 5.41) is 4.45. The number of hydrogen-bond donors (Lipinski definition) is 0. The van der Waals surface area contributed by atoms with Crippen LogP contribution in [0.5, 0.6) is 0 Å². The molecular weight excluding hydrogens is 342 g/mol. The molecule has 6 heteroatoms. The molecular formula is C21H33N3O3. The van der Waals surface area contributed by atoms with Crippen LogP contribution in [-0.4, -0.2) is 58.6 Å². The number of amides is 1. The van der Waals surface area contributed by atoms with Crippen LogP contribution in [0, 0.1) is 19.8 Å². The summed E-state index contributed by atoms with van der Waals surface area (Å²) in [6.07, 6.45) is 7.40. The molecule has 6 nitrogen and oxygen atoms in total. The van der Waals surface area contributed by atoms with Gasteiger partial charge in [-0.1, -0.05) is 0 Å². The van der Waals surface area contributed by atoms with Crippen molar-refractivity contribution in [2.24, 2.45) is 5.92 Å². The van der Waals surface area contributed by atoms with Crippen molar-refractivity contribution in [2.75, 3.05) is 26.3 Å². The van der Waals surface area contributed by atoms with Gasteiger partial charge in [0.05, 0.1) is 17.4 Å². The van der Waals surface area contributed by atoms with E-state index in [4.69, 9.17) is 9.47 Å². The molecule has 2 saturated heterocycles. The Morgan fingerprint density at radius 3 is 2.74 bits per heavy atom. The second kappa shape index (κ2) is 7.92. The molecule has 1 aromatic heterocycles. The third-order valence-corrected chi connectivity index (χ3v) is 6.38. The van der Waals surface area contributed by atoms with Gasteiger partial charge in [-0.05, 0) is 57.9 Å². The summed E-state index contributed by atoms with van der Waals surface area (Å²) in [5.74, 6) is 1.04. The van der Waals surface area contributed by atoms with Gasteiger partial charge in [0.2, 0.25) is 5.91 Å². The molecule has 1 amide bonds. The van der Waals surface area contributed by atoms with E-state index in [-0.39, 0.29) is 11.5 Å². The average Bonchev–Trinajstić information content (AvgIpc) is 3.43. The minimum atomic E-state index is -0.0705. The number of nitrogens with zero attached hydrogens (tertiary/aromatic N) is 3. The Bertz CT molecular complexity index is 660. The van der Waals surface area contributed by atoms with Crippen LogP contribution in [0.25, 0.3) is 0 Å². The van der Waals surface area contributed by atoms with Crippen molar-refractivity contribution in [3.8, 4) is 0 Å². The molecule has 1 spiro atoms. The number of aromatic nitrogens is 2. The van der Waals surface area contributed by atoms with Crippen molar-refractivity contribution < 1.29 is 14.3 Å². The van der Waals surface area contributed by atoms with Crippen LogP contribution in [-0.2, 0) is 20.8 Å². The Labute approximate surface area is 162 Å². The number of carbonyl (C=O) groups excluding carboxylic acids is 1. The van der Waals surface area contributed by atoms with E-state index in [2.05, 4.69) is 11.2 Å². The monoisotopic (exact) mass is 375 g/mol. The number of aryl methyl sites for hydroxylation is 3. The Morgan fingerprint density at radius 2 is 2.07 bits per heavy atom. The van der Waals surface area contributed by atoms with Crippen LogP contribution in [0.3, 0.4) is 0 Å². The number of hydrogen-bond acceptors (Lipinski definition) is 4. The fourth-order valence-electron chi connectivity index (χ4n) is 4.45. The zero-order valence-corrected chi connectivity index (χ0v) is 16.8. The van der Waals surface area contributed by atoms with E-state index < -0.39 is 0 Å². The number of ether oxygens (including phenoxy) is 2. The predicted molar refractivity (Wildman–Crippen MR) is 103 cm³/mol. The minimum Gasteiger partial charge on any atom is -0.378 e. The maximum absolute atomic E-state index is 12.6. The van der Waals surface area contributed by atoms with Gasteiger partial charge in [-0.3, -0.25) is 9.48 Å². The van der Waals surface area contributed by atoms with Gasteiger partial charge < -0.3 is 14.4 Å². The summed E-state index contributed by atoms with van der Waals surface area (Å²) in [6, 6.07) is 2.05. The summed E-state index contributed by atoms with van der Waals surface area (Å²) in [4.78, 5) is 14.6. The average molecular weight is 376 g/mol. The second-order valence-electron chi connectivity index (χ2n) is 8.70. The Hall–Kier alpha value is -1.40. The van der Waals surface area contributed by atoms with Crippen LogP contribution in [0.4, 0.5) is 0 Å². The molecule has 27 heavy (non-hydrogen) atoms. The maximum atomic E-state index is 12.6. The highest BCUT2D eigenvalue weighted by molar-refractivity contribution is 5.76. The molecule has 0 N–H and O–H groups in total. The van der Waals surface area contributed by atoms with Crippen LogP contribution < -0.4 is 0 Å². The highest BCUT2D eigenvalue weighted by Crippen LogP contribution is 2.37. The smallest absolute Gasteiger partial charge is 0.224 e. The van der Waals surface area contributed by atoms with Crippen LogP contribution in [0.2, 0.25) is 0 Å². The van der Waals surface area contributed by atoms with E-state index in [1.807, 2.05) is 23.4 Å². The predicted octanol–water partition coefficient (Wildman–Crippen LogP) is 2.86. The van der Waals surface area contributed by atoms with Gasteiger partial charge in [0.15, 0.2) is 0 Å². The molecule has 2 aliphatic heterocycles. The number of likely N-dealkylation sites (tertiary alicyclic amines) is 1. The summed E-state index contributed by atoms with van der Waals surface area (Å²) >= 11 is 0. The van der Waals surface area contributed by atoms with Crippen LogP contribution in [0.1, 0.15) is 56.3 Å². The lowest BCUT2D eigenvalue weighted by molar-refractivity contribution is -0.162. The Balaban J connectivity index is 1.23. The first-order valence-corrected chi connectivity index (χ1v) is 10.6. The molecule has 1 saturated carbocycles. The largest absolute Gasteiger partial charge is 0.378 e. The first-order chi connectivity index (χ1) is 13.0. The number of rotatable bonds is 6. The molecule has 0 bridgehead atoms. The molecule has 1 atom stereocenters. The third-order valence-electron chi connectivity index (χ3n) is 6.38. The van der Waals surface area contributed by atoms with Crippen molar-refractivity contribution in [2.45, 2.75) is 77.0 Å². The summed E-state index contributed by atoms with van der Waals surface area (Å²) in [7, 11) is 0. The zero-order valence-electron chi connectivity index (χ0n) is 16.8. The van der Waals surface area contributed by atoms with Crippen molar-refractivity contribution in [3.63, 3.8) is 0 Å². The molecule has 1 unspecified atom stereocenters. The normalized spacial score (nSPS) is 25.1. The highest BCUT2D eigenvalue weighted by atomic mass is 16.5. The van der Waals surface area contributed by atoms with Gasteiger partial charge in [0.25, 0.3) is 0 Å². The van der Waals surface area contributed by atoms with Crippen LogP contribution >= 0.6 is 0 Å². The van der Waals surface area contributed by atoms with Gasteiger partial charge in [-0.15, -0.1) is 0 Å². The van der Waals surface area contributed by atoms with Crippen molar-refractivity contribution in [1.29, 1.82) is 0 Å². The molecule has 150 valence electrons. The van der Waals surface area contributed by atoms with E-state index in [1.54, 1.807) is 0 Å². The Kier molecular flexibility index (Phi) is 5.55. The maximum Gasteiger partial charge on any atom is 0.224 e. The molecule has 3 aliphatic rings. The topological polar surface area (TPSA) is 56.6 Å². The molecule has 3 fully saturated rings. The van der Waals surface area contributed by atoms with Crippen molar-refractivity contribution >= 4 is 5.91 Å². The third kappa shape index (κ3) is 4.72. The van der Waals surface area contributed by atoms with Crippen molar-refractivity contribution in [3.05, 3.63) is 17.5 Å². The van der Waals surface area contributed by atoms with Gasteiger partial charge in [0.1, 0.15) is 0 Å². The molecule has 0 radical (unpaired) electrons. The lowest BCUT2D eigenvalue weighted by atomic mass is 9.83. The van der Waals surface area contributed by atoms with E-state index in [0.29, 0.717) is 19.1 Å². The second-order valence-corrected chi connectivity index (χ2v) is 8.70. The quantitative estimate of drug-likeness (QED) is 0.767. The molecule has 0 aromatic carbocycles. The zero-order chi connectivity index (χ0) is 18.9. The lowest BCUT2D eigenvalue weighted by Gasteiger charge is -2.46. The molecule has 3 heterocycles. The summed E-state index contributed by atoms with van der Waals surface area (Å²) < 4.78 is 14.3. The summed E-state index contributed by atoms with van der Waals surface area (Å²) in [5.41, 5.74) is 2.05. The number of carbonyl (C=O) groups is 1. The first-order valence-electron chi connectivity index (χ1n) is 10.6. The van der Waals surface area contributed by atoms with E-state index in [9.17, 15) is 4.79 Å². The Morgan fingerprint density at radius 1 is 1.30 bits per heavy atom. The fourth-order valence-corrected chi connectivity index (χ4v) is 4.45. The van der Waals surface area contributed by atoms with E-state index in [0.717, 1.165) is 69.3 Å². The van der Waals surface area contributed by atoms with Gasteiger partial charge in [0, 0.05) is 51.4 Å². The number of piperidine rings is 1. The van der Waals surface area contributed by atoms with Gasteiger partial charge in [-0.25, -0.2) is 0 Å². The van der Waals surface area contributed by atoms with Crippen LogP contribution in [0.15, 0.2) is 6.07 Å². The van der Waals surface area contributed by atoms with E-state index in [1.165, 1.54) is 12.8 Å². The molecule has 4 rings (SSSR count). The first kappa shape index (κ1) is 18.9.